The van der Waals surface area contributed by atoms with Crippen molar-refractivity contribution >= 4 is 0 Å². The average Bonchev–Trinajstić information content (AvgIpc) is 2.42. The highest BCUT2D eigenvalue weighted by Crippen LogP contribution is 2.29. The first-order chi connectivity index (χ1) is 9.20. The van der Waals surface area contributed by atoms with Gasteiger partial charge in [0.25, 0.3) is 0 Å². The lowest BCUT2D eigenvalue weighted by atomic mass is 9.83. The highest BCUT2D eigenvalue weighted by molar-refractivity contribution is 5.28. The zero-order valence-electron chi connectivity index (χ0n) is 12.8. The summed E-state index contributed by atoms with van der Waals surface area (Å²) in [6, 6.07) is 9.96. The molecule has 0 radical (unpaired) electrons. The van der Waals surface area contributed by atoms with E-state index < -0.39 is 0 Å². The molecule has 1 aliphatic carbocycles. The summed E-state index contributed by atoms with van der Waals surface area (Å²) < 4.78 is 0. The van der Waals surface area contributed by atoms with Gasteiger partial charge in [-0.3, -0.25) is 0 Å². The van der Waals surface area contributed by atoms with Crippen molar-refractivity contribution in [3.05, 3.63) is 35.4 Å². The zero-order chi connectivity index (χ0) is 13.7. The van der Waals surface area contributed by atoms with E-state index in [0.29, 0.717) is 6.04 Å². The highest BCUT2D eigenvalue weighted by atomic mass is 14.9. The fraction of sp³-hybridized carbons (Fsp3) is 0.667. The molecule has 1 heteroatoms. The number of hydrogen-bond donors (Lipinski definition) is 1. The number of rotatable bonds is 5. The van der Waals surface area contributed by atoms with Gasteiger partial charge in [-0.05, 0) is 56.6 Å². The van der Waals surface area contributed by atoms with Gasteiger partial charge in [0, 0.05) is 12.1 Å². The van der Waals surface area contributed by atoms with Crippen molar-refractivity contribution < 1.29 is 0 Å². The van der Waals surface area contributed by atoms with Crippen molar-refractivity contribution in [2.75, 3.05) is 0 Å². The number of benzene rings is 1. The molecule has 0 bridgehead atoms. The lowest BCUT2D eigenvalue weighted by Crippen LogP contribution is -2.35. The summed E-state index contributed by atoms with van der Waals surface area (Å²) in [7, 11) is 0. The van der Waals surface area contributed by atoms with Crippen LogP contribution in [0.4, 0.5) is 0 Å². The van der Waals surface area contributed by atoms with Crippen LogP contribution < -0.4 is 5.32 Å². The van der Waals surface area contributed by atoms with E-state index in [9.17, 15) is 0 Å². The van der Waals surface area contributed by atoms with Crippen LogP contribution in [-0.4, -0.2) is 6.04 Å². The summed E-state index contributed by atoms with van der Waals surface area (Å²) in [5.74, 6) is 0.997. The average molecular weight is 259 g/mol. The SMILES string of the molecule is CCCC1CCC(N[C@H](C)c2ccccc2C)CC1. The van der Waals surface area contributed by atoms with Gasteiger partial charge in [-0.15, -0.1) is 0 Å². The van der Waals surface area contributed by atoms with Gasteiger partial charge in [-0.25, -0.2) is 0 Å². The van der Waals surface area contributed by atoms with Crippen LogP contribution in [0.3, 0.4) is 0 Å². The molecule has 106 valence electrons. The second kappa shape index (κ2) is 7.09. The Morgan fingerprint density at radius 2 is 1.84 bits per heavy atom. The first kappa shape index (κ1) is 14.6. The summed E-state index contributed by atoms with van der Waals surface area (Å²) in [4.78, 5) is 0. The normalized spacial score (nSPS) is 25.2. The largest absolute Gasteiger partial charge is 0.307 e. The fourth-order valence-corrected chi connectivity index (χ4v) is 3.54. The molecule has 0 aliphatic heterocycles. The van der Waals surface area contributed by atoms with Crippen LogP contribution >= 0.6 is 0 Å². The van der Waals surface area contributed by atoms with E-state index in [1.807, 2.05) is 0 Å². The molecular weight excluding hydrogens is 230 g/mol. The fourth-order valence-electron chi connectivity index (χ4n) is 3.54. The molecule has 2 rings (SSSR count). The predicted molar refractivity (Wildman–Crippen MR) is 83.4 cm³/mol. The molecule has 19 heavy (non-hydrogen) atoms. The first-order valence-electron chi connectivity index (χ1n) is 8.02. The van der Waals surface area contributed by atoms with E-state index in [0.717, 1.165) is 12.0 Å². The van der Waals surface area contributed by atoms with Crippen LogP contribution in [0.25, 0.3) is 0 Å². The quantitative estimate of drug-likeness (QED) is 0.784. The third kappa shape index (κ3) is 4.07. The van der Waals surface area contributed by atoms with Crippen molar-refractivity contribution in [3.8, 4) is 0 Å². The minimum atomic E-state index is 0.480. The molecule has 0 heterocycles. The van der Waals surface area contributed by atoms with Crippen LogP contribution in [0.5, 0.6) is 0 Å². The van der Waals surface area contributed by atoms with Crippen molar-refractivity contribution in [2.45, 2.75) is 71.4 Å². The molecule has 1 aromatic carbocycles. The van der Waals surface area contributed by atoms with E-state index >= 15 is 0 Å². The molecular formula is C18H29N. The molecule has 1 nitrogen and oxygen atoms in total. The maximum Gasteiger partial charge on any atom is 0.0296 e. The third-order valence-corrected chi connectivity index (χ3v) is 4.68. The monoisotopic (exact) mass is 259 g/mol. The van der Waals surface area contributed by atoms with Gasteiger partial charge >= 0.3 is 0 Å². The van der Waals surface area contributed by atoms with E-state index in [4.69, 9.17) is 0 Å². The van der Waals surface area contributed by atoms with Crippen molar-refractivity contribution in [1.29, 1.82) is 0 Å². The Morgan fingerprint density at radius 3 is 2.47 bits per heavy atom. The summed E-state index contributed by atoms with van der Waals surface area (Å²) >= 11 is 0. The van der Waals surface area contributed by atoms with Crippen LogP contribution in [0.15, 0.2) is 24.3 Å². The Balaban J connectivity index is 1.84. The van der Waals surface area contributed by atoms with Crippen molar-refractivity contribution in [2.24, 2.45) is 5.92 Å². The minimum Gasteiger partial charge on any atom is -0.307 e. The molecule has 1 aromatic rings. The second-order valence-corrected chi connectivity index (χ2v) is 6.25. The second-order valence-electron chi connectivity index (χ2n) is 6.25. The molecule has 0 saturated heterocycles. The number of aryl methyl sites for hydroxylation is 1. The van der Waals surface area contributed by atoms with Crippen LogP contribution in [-0.2, 0) is 0 Å². The highest BCUT2D eigenvalue weighted by Gasteiger charge is 2.22. The summed E-state index contributed by atoms with van der Waals surface area (Å²) in [5, 5.41) is 3.84. The molecule has 1 aliphatic rings. The van der Waals surface area contributed by atoms with E-state index in [1.54, 1.807) is 0 Å². The molecule has 1 N–H and O–H groups in total. The number of hydrogen-bond acceptors (Lipinski definition) is 1. The molecule has 0 amide bonds. The topological polar surface area (TPSA) is 12.0 Å². The van der Waals surface area contributed by atoms with Gasteiger partial charge in [-0.2, -0.15) is 0 Å². The van der Waals surface area contributed by atoms with Crippen molar-refractivity contribution in [3.63, 3.8) is 0 Å². The molecule has 1 atom stereocenters. The summed E-state index contributed by atoms with van der Waals surface area (Å²) in [5.41, 5.74) is 2.86. The van der Waals surface area contributed by atoms with Gasteiger partial charge in [-0.1, -0.05) is 44.0 Å². The number of nitrogens with one attached hydrogen (secondary N) is 1. The zero-order valence-corrected chi connectivity index (χ0v) is 12.8. The molecule has 0 unspecified atom stereocenters. The molecule has 0 aromatic heterocycles. The smallest absolute Gasteiger partial charge is 0.0296 e. The summed E-state index contributed by atoms with van der Waals surface area (Å²) in [6.07, 6.45) is 8.35. The Bertz CT molecular complexity index is 377. The minimum absolute atomic E-state index is 0.480. The molecule has 0 spiro atoms. The van der Waals surface area contributed by atoms with E-state index in [2.05, 4.69) is 50.4 Å². The Labute approximate surface area is 118 Å². The maximum atomic E-state index is 3.84. The van der Waals surface area contributed by atoms with Crippen LogP contribution in [0.1, 0.15) is 69.5 Å². The van der Waals surface area contributed by atoms with Gasteiger partial charge in [0.1, 0.15) is 0 Å². The van der Waals surface area contributed by atoms with E-state index in [1.165, 1.54) is 49.7 Å². The van der Waals surface area contributed by atoms with Crippen molar-refractivity contribution in [1.82, 2.24) is 5.32 Å². The standard InChI is InChI=1S/C18H29N/c1-4-7-16-10-12-17(13-11-16)19-15(3)18-9-6-5-8-14(18)2/h5-6,8-9,15-17,19H,4,7,10-13H2,1-3H3/t15-,16?,17?/m1/s1. The maximum absolute atomic E-state index is 3.84. The van der Waals surface area contributed by atoms with Gasteiger partial charge < -0.3 is 5.32 Å². The van der Waals surface area contributed by atoms with Crippen LogP contribution in [0, 0.1) is 12.8 Å². The van der Waals surface area contributed by atoms with Gasteiger partial charge in [0.05, 0.1) is 0 Å². The Hall–Kier alpha value is -0.820. The Kier molecular flexibility index (Phi) is 5.45. The summed E-state index contributed by atoms with van der Waals surface area (Å²) in [6.45, 7) is 6.83. The Morgan fingerprint density at radius 1 is 1.16 bits per heavy atom. The molecule has 1 fully saturated rings. The lowest BCUT2D eigenvalue weighted by Gasteiger charge is -2.31. The van der Waals surface area contributed by atoms with Crippen LogP contribution in [0.2, 0.25) is 0 Å². The molecule has 1 saturated carbocycles. The first-order valence-corrected chi connectivity index (χ1v) is 8.02. The third-order valence-electron chi connectivity index (χ3n) is 4.68. The van der Waals surface area contributed by atoms with Gasteiger partial charge in [0.2, 0.25) is 0 Å². The van der Waals surface area contributed by atoms with Gasteiger partial charge in [0.15, 0.2) is 0 Å². The predicted octanol–water partition coefficient (Wildman–Crippen LogP) is 5.00. The van der Waals surface area contributed by atoms with E-state index in [-0.39, 0.29) is 0 Å². The lowest BCUT2D eigenvalue weighted by molar-refractivity contribution is 0.266.